The van der Waals surface area contributed by atoms with E-state index in [1.165, 1.54) is 29.2 Å². The zero-order chi connectivity index (χ0) is 26.1. The summed E-state index contributed by atoms with van der Waals surface area (Å²) in [6, 6.07) is 7.97. The Morgan fingerprint density at radius 1 is 1.06 bits per heavy atom. The van der Waals surface area contributed by atoms with Crippen molar-refractivity contribution in [3.63, 3.8) is 0 Å². The van der Waals surface area contributed by atoms with Crippen LogP contribution in [-0.2, 0) is 9.59 Å². The number of nitro groups is 1. The summed E-state index contributed by atoms with van der Waals surface area (Å²) in [4.78, 5) is 44.7. The lowest BCUT2D eigenvalue weighted by Crippen LogP contribution is -2.34. The van der Waals surface area contributed by atoms with Crippen LogP contribution in [0.15, 0.2) is 54.4 Å². The van der Waals surface area contributed by atoms with Crippen LogP contribution in [0, 0.1) is 10.1 Å². The van der Waals surface area contributed by atoms with Crippen molar-refractivity contribution in [1.82, 2.24) is 14.8 Å². The summed E-state index contributed by atoms with van der Waals surface area (Å²) in [5.41, 5.74) is 0.689. The lowest BCUT2D eigenvalue weighted by molar-refractivity contribution is -0.384. The molecule has 1 amide bonds. The number of carbonyl (C=O) groups is 2. The average molecular weight is 495 g/mol. The van der Waals surface area contributed by atoms with Gasteiger partial charge in [0, 0.05) is 36.6 Å². The van der Waals surface area contributed by atoms with Crippen LogP contribution in [0.4, 0.5) is 5.69 Å². The van der Waals surface area contributed by atoms with E-state index in [0.29, 0.717) is 18.5 Å². The molecule has 0 bridgehead atoms. The van der Waals surface area contributed by atoms with Gasteiger partial charge in [-0.05, 0) is 62.7 Å². The van der Waals surface area contributed by atoms with E-state index in [1.807, 2.05) is 0 Å². The molecule has 9 nitrogen and oxygen atoms in total. The number of aliphatic hydroxyl groups is 1. The molecule has 1 saturated heterocycles. The van der Waals surface area contributed by atoms with E-state index in [1.54, 1.807) is 24.5 Å². The van der Waals surface area contributed by atoms with Gasteiger partial charge in [-0.25, -0.2) is 0 Å². The summed E-state index contributed by atoms with van der Waals surface area (Å²) in [5, 5.41) is 22.1. The van der Waals surface area contributed by atoms with Crippen LogP contribution >= 0.6 is 0 Å². The fraction of sp³-hybridized carbons (Fsp3) is 0.444. The second-order valence-electron chi connectivity index (χ2n) is 8.99. The van der Waals surface area contributed by atoms with Crippen molar-refractivity contribution < 1.29 is 19.6 Å². The average Bonchev–Trinajstić information content (AvgIpc) is 3.15. The van der Waals surface area contributed by atoms with Crippen molar-refractivity contribution in [2.45, 2.75) is 52.0 Å². The number of Topliss-reactive ketones (excluding diaryl/α,β-unsaturated/α-hetero) is 1. The largest absolute Gasteiger partial charge is 0.507 e. The molecule has 9 heteroatoms. The molecule has 36 heavy (non-hydrogen) atoms. The van der Waals surface area contributed by atoms with Crippen molar-refractivity contribution in [3.05, 3.63) is 75.6 Å². The van der Waals surface area contributed by atoms with Crippen molar-refractivity contribution >= 4 is 23.1 Å². The Labute approximate surface area is 211 Å². The first-order chi connectivity index (χ1) is 17.4. The van der Waals surface area contributed by atoms with Gasteiger partial charge in [0.1, 0.15) is 5.76 Å². The molecule has 1 fully saturated rings. The molecule has 1 aromatic heterocycles. The van der Waals surface area contributed by atoms with Crippen LogP contribution < -0.4 is 0 Å². The minimum absolute atomic E-state index is 0.0318. The normalized spacial score (nSPS) is 17.2. The quantitative estimate of drug-likeness (QED) is 0.141. The predicted octanol–water partition coefficient (Wildman–Crippen LogP) is 4.70. The number of likely N-dealkylation sites (tertiary alicyclic amines) is 1. The maximum atomic E-state index is 13.1. The first-order valence-electron chi connectivity index (χ1n) is 12.5. The third-order valence-corrected chi connectivity index (χ3v) is 6.42. The van der Waals surface area contributed by atoms with Crippen LogP contribution in [0.3, 0.4) is 0 Å². The molecule has 1 aliphatic rings. The smallest absolute Gasteiger partial charge is 0.295 e. The van der Waals surface area contributed by atoms with Crippen LogP contribution in [-0.4, -0.2) is 62.7 Å². The van der Waals surface area contributed by atoms with E-state index in [2.05, 4.69) is 23.7 Å². The van der Waals surface area contributed by atoms with Crippen LogP contribution in [0.5, 0.6) is 0 Å². The predicted molar refractivity (Wildman–Crippen MR) is 137 cm³/mol. The highest BCUT2D eigenvalue weighted by Gasteiger charge is 2.45. The van der Waals surface area contributed by atoms with E-state index in [9.17, 15) is 24.8 Å². The first kappa shape index (κ1) is 27.0. The van der Waals surface area contributed by atoms with Gasteiger partial charge in [-0.3, -0.25) is 24.7 Å². The summed E-state index contributed by atoms with van der Waals surface area (Å²) in [6.07, 6.45) is 8.32. The number of unbranched alkanes of at least 4 members (excludes halogenated alkanes) is 2. The van der Waals surface area contributed by atoms with Gasteiger partial charge in [0.05, 0.1) is 16.5 Å². The summed E-state index contributed by atoms with van der Waals surface area (Å²) < 4.78 is 0. The number of hydrogen-bond acceptors (Lipinski definition) is 7. The number of pyridine rings is 1. The molecular formula is C27H34N4O5. The number of amides is 1. The van der Waals surface area contributed by atoms with Gasteiger partial charge in [0.15, 0.2) is 0 Å². The SMILES string of the molecule is CCCCN(CCCC)CCCN1C(=O)C(=O)/C(=C(\O)c2ccc([N+](=O)[O-])cc2)C1c1cccnc1. The molecule has 0 radical (unpaired) electrons. The maximum Gasteiger partial charge on any atom is 0.295 e. The van der Waals surface area contributed by atoms with E-state index in [-0.39, 0.29) is 22.6 Å². The van der Waals surface area contributed by atoms with E-state index in [0.717, 1.165) is 45.3 Å². The molecule has 0 saturated carbocycles. The zero-order valence-electron chi connectivity index (χ0n) is 20.9. The molecule has 2 aromatic rings. The van der Waals surface area contributed by atoms with Crippen molar-refractivity contribution in [1.29, 1.82) is 0 Å². The minimum atomic E-state index is -0.784. The summed E-state index contributed by atoms with van der Waals surface area (Å²) >= 11 is 0. The lowest BCUT2D eigenvalue weighted by Gasteiger charge is -2.27. The Morgan fingerprint density at radius 2 is 1.69 bits per heavy atom. The third kappa shape index (κ3) is 6.34. The van der Waals surface area contributed by atoms with Crippen LogP contribution in [0.25, 0.3) is 5.76 Å². The van der Waals surface area contributed by atoms with Gasteiger partial charge in [-0.15, -0.1) is 0 Å². The molecule has 192 valence electrons. The maximum absolute atomic E-state index is 13.1. The van der Waals surface area contributed by atoms with Gasteiger partial charge < -0.3 is 14.9 Å². The Balaban J connectivity index is 1.89. The van der Waals surface area contributed by atoms with Crippen LogP contribution in [0.2, 0.25) is 0 Å². The first-order valence-corrected chi connectivity index (χ1v) is 12.5. The second-order valence-corrected chi connectivity index (χ2v) is 8.99. The van der Waals surface area contributed by atoms with E-state index in [4.69, 9.17) is 0 Å². The minimum Gasteiger partial charge on any atom is -0.507 e. The van der Waals surface area contributed by atoms with E-state index >= 15 is 0 Å². The number of aromatic nitrogens is 1. The molecule has 3 rings (SSSR count). The highest BCUT2D eigenvalue weighted by Crippen LogP contribution is 2.39. The standard InChI is InChI=1S/C27H34N4O5/c1-3-5-15-29(16-6-4-2)17-8-18-30-24(21-9-7-14-28-19-21)23(26(33)27(30)34)25(32)20-10-12-22(13-11-20)31(35)36/h7,9-14,19,24,32H,3-6,8,15-18H2,1-2H3/b25-23-. The van der Waals surface area contributed by atoms with Crippen molar-refractivity contribution in [2.24, 2.45) is 0 Å². The number of aliphatic hydroxyl groups excluding tert-OH is 1. The third-order valence-electron chi connectivity index (χ3n) is 6.42. The zero-order valence-corrected chi connectivity index (χ0v) is 20.9. The molecule has 1 aliphatic heterocycles. The Bertz CT molecular complexity index is 1080. The van der Waals surface area contributed by atoms with Crippen LogP contribution in [0.1, 0.15) is 63.1 Å². The number of benzene rings is 1. The number of nitrogens with zero attached hydrogens (tertiary/aromatic N) is 4. The number of nitro benzene ring substituents is 1. The number of non-ortho nitro benzene ring substituents is 1. The summed E-state index contributed by atoms with van der Waals surface area (Å²) in [7, 11) is 0. The number of carbonyl (C=O) groups excluding carboxylic acids is 2. The molecule has 1 atom stereocenters. The number of ketones is 1. The molecular weight excluding hydrogens is 460 g/mol. The fourth-order valence-corrected chi connectivity index (χ4v) is 4.45. The Hall–Kier alpha value is -3.59. The second kappa shape index (κ2) is 12.9. The summed E-state index contributed by atoms with van der Waals surface area (Å²) in [5.74, 6) is -1.79. The van der Waals surface area contributed by atoms with Gasteiger partial charge in [-0.1, -0.05) is 32.8 Å². The van der Waals surface area contributed by atoms with E-state index < -0.39 is 22.7 Å². The molecule has 1 N–H and O–H groups in total. The highest BCUT2D eigenvalue weighted by molar-refractivity contribution is 6.46. The van der Waals surface area contributed by atoms with Crippen molar-refractivity contribution in [3.8, 4) is 0 Å². The molecule has 0 spiro atoms. The molecule has 1 aromatic carbocycles. The topological polar surface area (TPSA) is 117 Å². The highest BCUT2D eigenvalue weighted by atomic mass is 16.6. The monoisotopic (exact) mass is 494 g/mol. The fourth-order valence-electron chi connectivity index (χ4n) is 4.45. The lowest BCUT2D eigenvalue weighted by atomic mass is 9.96. The summed E-state index contributed by atoms with van der Waals surface area (Å²) in [6.45, 7) is 7.50. The molecule has 0 aliphatic carbocycles. The number of hydrogen-bond donors (Lipinski definition) is 1. The van der Waals surface area contributed by atoms with Gasteiger partial charge in [-0.2, -0.15) is 0 Å². The number of rotatable bonds is 13. The van der Waals surface area contributed by atoms with Crippen molar-refractivity contribution in [2.75, 3.05) is 26.2 Å². The molecule has 1 unspecified atom stereocenters. The van der Waals surface area contributed by atoms with Gasteiger partial charge in [0.25, 0.3) is 17.4 Å². The van der Waals surface area contributed by atoms with Gasteiger partial charge in [0.2, 0.25) is 0 Å². The Morgan fingerprint density at radius 3 is 2.25 bits per heavy atom. The Kier molecular flexibility index (Phi) is 9.69. The van der Waals surface area contributed by atoms with Gasteiger partial charge >= 0.3 is 0 Å². The molecule has 2 heterocycles.